The van der Waals surface area contributed by atoms with Crippen molar-refractivity contribution in [2.75, 3.05) is 0 Å². The summed E-state index contributed by atoms with van der Waals surface area (Å²) in [5, 5.41) is 10.3. The Labute approximate surface area is 330 Å². The fourth-order valence-corrected chi connectivity index (χ4v) is 8.09. The van der Waals surface area contributed by atoms with E-state index < -0.39 is 0 Å². The van der Waals surface area contributed by atoms with Gasteiger partial charge in [0.15, 0.2) is 0 Å². The number of rotatable bonds is 24. The molecule has 0 unspecified atom stereocenters. The van der Waals surface area contributed by atoms with Crippen LogP contribution in [0.15, 0.2) is 72.8 Å². The van der Waals surface area contributed by atoms with E-state index in [0.29, 0.717) is 0 Å². The molecule has 0 fully saturated rings. The van der Waals surface area contributed by atoms with Gasteiger partial charge in [0, 0.05) is 24.0 Å². The second-order valence-electron chi connectivity index (χ2n) is 16.3. The summed E-state index contributed by atoms with van der Waals surface area (Å²) in [5.41, 5.74) is 2.25. The fourth-order valence-electron chi connectivity index (χ4n) is 8.09. The van der Waals surface area contributed by atoms with Crippen LogP contribution >= 0.6 is 0 Å². The van der Waals surface area contributed by atoms with E-state index in [1.54, 1.807) is 0 Å². The molecule has 0 atom stereocenters. The van der Waals surface area contributed by atoms with E-state index in [2.05, 4.69) is 110 Å². The van der Waals surface area contributed by atoms with Gasteiger partial charge in [0.25, 0.3) is 0 Å². The zero-order valence-electron chi connectivity index (χ0n) is 34.3. The lowest BCUT2D eigenvalue weighted by molar-refractivity contribution is 0.545. The average molecular weight is 719 g/mol. The third-order valence-electron chi connectivity index (χ3n) is 11.5. The first kappa shape index (κ1) is 41.4. The summed E-state index contributed by atoms with van der Waals surface area (Å²) in [4.78, 5) is 0. The molecule has 0 heterocycles. The number of unbranched alkanes of at least 4 members (excludes halogenated alkanes) is 24. The maximum atomic E-state index is 3.46. The Morgan fingerprint density at radius 2 is 0.537 bits per heavy atom. The van der Waals surface area contributed by atoms with Gasteiger partial charge < -0.3 is 0 Å². The first-order valence-electron chi connectivity index (χ1n) is 22.6. The molecule has 0 saturated carbocycles. The van der Waals surface area contributed by atoms with E-state index in [1.165, 1.54) is 197 Å². The number of hydrogen-bond acceptors (Lipinski definition) is 0. The van der Waals surface area contributed by atoms with Gasteiger partial charge in [0.05, 0.1) is 0 Å². The van der Waals surface area contributed by atoms with E-state index in [4.69, 9.17) is 0 Å². The normalized spacial score (nSPS) is 11.3. The monoisotopic (exact) mass is 719 g/mol. The van der Waals surface area contributed by atoms with Crippen molar-refractivity contribution in [1.82, 2.24) is 0 Å². The maximum absolute atomic E-state index is 3.46. The predicted molar refractivity (Wildman–Crippen MR) is 242 cm³/mol. The molecule has 0 aromatic heterocycles. The summed E-state index contributed by atoms with van der Waals surface area (Å²) >= 11 is 0. The second-order valence-corrected chi connectivity index (χ2v) is 16.3. The highest BCUT2D eigenvalue weighted by molar-refractivity contribution is 6.08. The van der Waals surface area contributed by atoms with Crippen molar-refractivity contribution >= 4 is 43.1 Å². The Morgan fingerprint density at radius 1 is 0.278 bits per heavy atom. The predicted octanol–water partition coefficient (Wildman–Crippen LogP) is 17.2. The molecule has 0 N–H and O–H groups in total. The second kappa shape index (κ2) is 24.6. The molecule has 0 heteroatoms. The molecule has 54 heavy (non-hydrogen) atoms. The molecule has 0 radical (unpaired) electrons. The third kappa shape index (κ3) is 14.5. The lowest BCUT2D eigenvalue weighted by atomic mass is 9.96. The Morgan fingerprint density at radius 3 is 0.852 bits per heavy atom. The van der Waals surface area contributed by atoms with Crippen molar-refractivity contribution < 1.29 is 0 Å². The van der Waals surface area contributed by atoms with Crippen LogP contribution in [0.1, 0.15) is 192 Å². The average Bonchev–Trinajstić information content (AvgIpc) is 3.18. The van der Waals surface area contributed by atoms with Crippen LogP contribution in [0.2, 0.25) is 0 Å². The van der Waals surface area contributed by atoms with E-state index in [9.17, 15) is 0 Å². The van der Waals surface area contributed by atoms with Gasteiger partial charge in [0.2, 0.25) is 0 Å². The standard InChI is InChI=1S/C54H70/c1-3-5-7-9-11-13-15-17-19-21-23-25-27-29-31-45-33-35-47-39-51-44-54-42-50-38-46(34-36-48(50)40-52(54)43-53(51)41-49(47)37-45)32-30-28-26-24-22-20-18-16-14-12-10-8-6-4-2/h33-44H,3-28H2,1-2H3. The lowest BCUT2D eigenvalue weighted by Crippen LogP contribution is -1.83. The molecule has 0 nitrogen and oxygen atoms in total. The quantitative estimate of drug-likeness (QED) is 0.0338. The summed E-state index contributed by atoms with van der Waals surface area (Å²) in [7, 11) is 0. The van der Waals surface area contributed by atoms with Crippen molar-refractivity contribution in [3.05, 3.63) is 83.9 Å². The molecule has 286 valence electrons. The summed E-state index contributed by atoms with van der Waals surface area (Å²) in [6.45, 7) is 4.59. The van der Waals surface area contributed by atoms with Gasteiger partial charge in [-0.3, -0.25) is 0 Å². The van der Waals surface area contributed by atoms with Gasteiger partial charge in [0.1, 0.15) is 0 Å². The molecule has 5 aromatic rings. The molecule has 0 aliphatic carbocycles. The highest BCUT2D eigenvalue weighted by atomic mass is 14.1. The van der Waals surface area contributed by atoms with Gasteiger partial charge in [-0.2, -0.15) is 0 Å². The molecule has 0 aliphatic rings. The Kier molecular flexibility index (Phi) is 18.9. The molecule has 0 spiro atoms. The van der Waals surface area contributed by atoms with Crippen LogP contribution < -0.4 is 0 Å². The van der Waals surface area contributed by atoms with E-state index in [0.717, 1.165) is 24.0 Å². The van der Waals surface area contributed by atoms with Crippen LogP contribution in [0.25, 0.3) is 43.1 Å². The molecule has 0 aliphatic heterocycles. The van der Waals surface area contributed by atoms with E-state index in [1.807, 2.05) is 0 Å². The van der Waals surface area contributed by atoms with Crippen LogP contribution in [-0.2, 0) is 0 Å². The van der Waals surface area contributed by atoms with Crippen LogP contribution in [0, 0.1) is 23.7 Å². The fraction of sp³-hybridized carbons (Fsp3) is 0.519. The Hall–Kier alpha value is -3.74. The van der Waals surface area contributed by atoms with Crippen LogP contribution in [0.5, 0.6) is 0 Å². The molecule has 5 aromatic carbocycles. The van der Waals surface area contributed by atoms with Crippen molar-refractivity contribution in [3.8, 4) is 23.7 Å². The summed E-state index contributed by atoms with van der Waals surface area (Å²) < 4.78 is 0. The minimum atomic E-state index is 1.00. The SMILES string of the molecule is CCCCCCCCCCCCCCC#Cc1ccc2cc3cc4cc5cc(C#CCCCCCCCCCCCCCC)ccc5cc4cc3cc2c1. The van der Waals surface area contributed by atoms with Crippen molar-refractivity contribution in [1.29, 1.82) is 0 Å². The number of fused-ring (bicyclic) bond motifs is 4. The van der Waals surface area contributed by atoms with Crippen LogP contribution in [0.4, 0.5) is 0 Å². The molecule has 5 rings (SSSR count). The van der Waals surface area contributed by atoms with Crippen LogP contribution in [-0.4, -0.2) is 0 Å². The van der Waals surface area contributed by atoms with Gasteiger partial charge >= 0.3 is 0 Å². The largest absolute Gasteiger partial charge is 0.0979 e. The van der Waals surface area contributed by atoms with E-state index in [-0.39, 0.29) is 0 Å². The molecular formula is C54H70. The minimum absolute atomic E-state index is 1.00. The third-order valence-corrected chi connectivity index (χ3v) is 11.5. The first-order chi connectivity index (χ1) is 26.7. The number of benzene rings is 5. The van der Waals surface area contributed by atoms with Crippen molar-refractivity contribution in [2.45, 2.75) is 181 Å². The summed E-state index contributed by atoms with van der Waals surface area (Å²) in [6.07, 6.45) is 35.2. The molecule has 0 saturated heterocycles. The van der Waals surface area contributed by atoms with Crippen molar-refractivity contribution in [2.24, 2.45) is 0 Å². The highest BCUT2D eigenvalue weighted by Gasteiger charge is 2.05. The first-order valence-corrected chi connectivity index (χ1v) is 22.6. The molecule has 0 amide bonds. The summed E-state index contributed by atoms with van der Waals surface area (Å²) in [6, 6.07) is 27.5. The van der Waals surface area contributed by atoms with Crippen LogP contribution in [0.3, 0.4) is 0 Å². The van der Waals surface area contributed by atoms with Gasteiger partial charge in [-0.25, -0.2) is 0 Å². The Balaban J connectivity index is 1.06. The zero-order valence-corrected chi connectivity index (χ0v) is 34.3. The smallest absolute Gasteiger partial charge is 0.0251 e. The van der Waals surface area contributed by atoms with Gasteiger partial charge in [-0.05, 0) is 117 Å². The van der Waals surface area contributed by atoms with Crippen molar-refractivity contribution in [3.63, 3.8) is 0 Å². The maximum Gasteiger partial charge on any atom is 0.0251 e. The zero-order chi connectivity index (χ0) is 37.5. The van der Waals surface area contributed by atoms with Gasteiger partial charge in [-0.1, -0.05) is 191 Å². The minimum Gasteiger partial charge on any atom is -0.0979 e. The molecular weight excluding hydrogens is 649 g/mol. The number of hydrogen-bond donors (Lipinski definition) is 0. The molecule has 0 bridgehead atoms. The Bertz CT molecular complexity index is 1820. The van der Waals surface area contributed by atoms with Gasteiger partial charge in [-0.15, -0.1) is 0 Å². The topological polar surface area (TPSA) is 0 Å². The highest BCUT2D eigenvalue weighted by Crippen LogP contribution is 2.31. The van der Waals surface area contributed by atoms with E-state index >= 15 is 0 Å². The summed E-state index contributed by atoms with van der Waals surface area (Å²) in [5.74, 6) is 13.8. The lowest BCUT2D eigenvalue weighted by Gasteiger charge is -2.08.